The minimum atomic E-state index is -0.389. The van der Waals surface area contributed by atoms with Crippen LogP contribution in [0.4, 0.5) is 0 Å². The molecule has 0 bridgehead atoms. The summed E-state index contributed by atoms with van der Waals surface area (Å²) < 4.78 is 16.6. The fourth-order valence-corrected chi connectivity index (χ4v) is 5.56. The molecule has 0 N–H and O–H groups in total. The van der Waals surface area contributed by atoms with Gasteiger partial charge >= 0.3 is 5.97 Å². The van der Waals surface area contributed by atoms with Gasteiger partial charge in [-0.15, -0.1) is 0 Å². The van der Waals surface area contributed by atoms with Crippen molar-refractivity contribution >= 4 is 46.5 Å². The lowest BCUT2D eigenvalue weighted by Gasteiger charge is -2.13. The van der Waals surface area contributed by atoms with E-state index in [2.05, 4.69) is 10.3 Å². The minimum Gasteiger partial charge on any atom is -0.489 e. The predicted molar refractivity (Wildman–Crippen MR) is 152 cm³/mol. The third-order valence-corrected chi connectivity index (χ3v) is 7.93. The van der Waals surface area contributed by atoms with E-state index >= 15 is 0 Å². The zero-order valence-corrected chi connectivity index (χ0v) is 23.6. The van der Waals surface area contributed by atoms with Gasteiger partial charge in [0.15, 0.2) is 6.10 Å². The SMILES string of the molecule is COC(=O)c1ccc(C2=NOC(c3ccc(OCc4c(-c5c(Cl)cccc5Cl)noc4C4CC4)cc3Cl)C2)cc1. The molecule has 1 atom stereocenters. The maximum absolute atomic E-state index is 11.7. The van der Waals surface area contributed by atoms with Crippen LogP contribution in [-0.2, 0) is 16.2 Å². The van der Waals surface area contributed by atoms with E-state index in [1.807, 2.05) is 24.3 Å². The van der Waals surface area contributed by atoms with Crippen molar-refractivity contribution in [3.8, 4) is 17.0 Å². The van der Waals surface area contributed by atoms with Crippen LogP contribution in [0, 0.1) is 0 Å². The summed E-state index contributed by atoms with van der Waals surface area (Å²) >= 11 is 19.6. The lowest BCUT2D eigenvalue weighted by molar-refractivity contribution is 0.0600. The highest BCUT2D eigenvalue weighted by Gasteiger charge is 2.34. The number of hydrogen-bond donors (Lipinski definition) is 0. The molecule has 0 saturated heterocycles. The van der Waals surface area contributed by atoms with E-state index in [-0.39, 0.29) is 18.7 Å². The van der Waals surface area contributed by atoms with Crippen molar-refractivity contribution in [2.75, 3.05) is 7.11 Å². The first-order valence-electron chi connectivity index (χ1n) is 12.7. The van der Waals surface area contributed by atoms with E-state index in [9.17, 15) is 4.79 Å². The molecule has 2 heterocycles. The lowest BCUT2D eigenvalue weighted by Crippen LogP contribution is -2.05. The van der Waals surface area contributed by atoms with Crippen molar-refractivity contribution in [3.05, 3.63) is 104 Å². The molecule has 6 rings (SSSR count). The van der Waals surface area contributed by atoms with E-state index in [1.54, 1.807) is 36.4 Å². The fourth-order valence-electron chi connectivity index (χ4n) is 4.69. The largest absolute Gasteiger partial charge is 0.489 e. The molecule has 3 aromatic carbocycles. The fraction of sp³-hybridized carbons (Fsp3) is 0.233. The second-order valence-electron chi connectivity index (χ2n) is 9.62. The van der Waals surface area contributed by atoms with Gasteiger partial charge in [-0.25, -0.2) is 4.79 Å². The Morgan fingerprint density at radius 2 is 1.75 bits per heavy atom. The Bertz CT molecular complexity index is 1590. The van der Waals surface area contributed by atoms with Crippen LogP contribution in [0.2, 0.25) is 15.1 Å². The summed E-state index contributed by atoms with van der Waals surface area (Å²) in [5.41, 5.74) is 4.94. The second kappa shape index (κ2) is 11.2. The van der Waals surface area contributed by atoms with Crippen LogP contribution in [0.15, 0.2) is 70.3 Å². The van der Waals surface area contributed by atoms with E-state index in [0.29, 0.717) is 50.0 Å². The van der Waals surface area contributed by atoms with Gasteiger partial charge in [0.05, 0.1) is 39.0 Å². The first-order chi connectivity index (χ1) is 19.4. The van der Waals surface area contributed by atoms with Crippen molar-refractivity contribution < 1.29 is 23.6 Å². The molecule has 2 aliphatic rings. The van der Waals surface area contributed by atoms with Crippen LogP contribution in [0.1, 0.15) is 64.1 Å². The molecule has 1 aromatic heterocycles. The number of methoxy groups -OCH3 is 1. The molecule has 10 heteroatoms. The van der Waals surface area contributed by atoms with Gasteiger partial charge in [0.1, 0.15) is 23.8 Å². The maximum Gasteiger partial charge on any atom is 0.337 e. The van der Waals surface area contributed by atoms with Crippen molar-refractivity contribution in [1.82, 2.24) is 5.16 Å². The zero-order valence-electron chi connectivity index (χ0n) is 21.3. The van der Waals surface area contributed by atoms with Crippen molar-refractivity contribution in [3.63, 3.8) is 0 Å². The molecule has 0 amide bonds. The number of esters is 1. The van der Waals surface area contributed by atoms with Gasteiger partial charge in [0.25, 0.3) is 0 Å². The molecular weight excluding hydrogens is 575 g/mol. The number of carbonyl (C=O) groups excluding carboxylic acids is 1. The number of halogens is 3. The Labute approximate surface area is 245 Å². The van der Waals surface area contributed by atoms with Crippen molar-refractivity contribution in [2.24, 2.45) is 5.16 Å². The summed E-state index contributed by atoms with van der Waals surface area (Å²) in [6.07, 6.45) is 2.27. The molecule has 40 heavy (non-hydrogen) atoms. The summed E-state index contributed by atoms with van der Waals surface area (Å²) in [5.74, 6) is 1.32. The number of nitrogens with zero attached hydrogens (tertiary/aromatic N) is 2. The lowest BCUT2D eigenvalue weighted by atomic mass is 9.99. The molecular formula is C30H23Cl3N2O5. The van der Waals surface area contributed by atoms with E-state index in [0.717, 1.165) is 41.0 Å². The monoisotopic (exact) mass is 596 g/mol. The summed E-state index contributed by atoms with van der Waals surface area (Å²) in [7, 11) is 1.35. The molecule has 4 aromatic rings. The maximum atomic E-state index is 11.7. The average Bonchev–Trinajstić information content (AvgIpc) is 3.54. The number of oxime groups is 1. The highest BCUT2D eigenvalue weighted by Crippen LogP contribution is 2.46. The first kappa shape index (κ1) is 26.7. The van der Waals surface area contributed by atoms with Gasteiger partial charge < -0.3 is 18.8 Å². The molecule has 1 saturated carbocycles. The van der Waals surface area contributed by atoms with Crippen LogP contribution in [-0.4, -0.2) is 23.9 Å². The Balaban J connectivity index is 1.16. The molecule has 1 aliphatic heterocycles. The third kappa shape index (κ3) is 5.29. The van der Waals surface area contributed by atoms with Crippen LogP contribution < -0.4 is 4.74 Å². The zero-order chi connectivity index (χ0) is 27.8. The summed E-state index contributed by atoms with van der Waals surface area (Å²) in [6.45, 7) is 0.219. The quantitative estimate of drug-likeness (QED) is 0.190. The van der Waals surface area contributed by atoms with E-state index in [4.69, 9.17) is 53.6 Å². The van der Waals surface area contributed by atoms with Gasteiger partial charge in [-0.2, -0.15) is 0 Å². The average molecular weight is 598 g/mol. The smallest absolute Gasteiger partial charge is 0.337 e. The standard InChI is InChI=1S/C30H23Cl3N2O5/c1-37-30(36)18-9-5-16(6-10-18)25-14-26(39-34-25)20-12-11-19(13-24(20)33)38-15-21-28(35-40-29(21)17-7-8-17)27-22(31)3-2-4-23(27)32/h2-6,9-13,17,26H,7-8,14-15H2,1H3. The normalized spacial score (nSPS) is 16.4. The highest BCUT2D eigenvalue weighted by molar-refractivity contribution is 6.39. The van der Waals surface area contributed by atoms with Gasteiger partial charge in [-0.1, -0.05) is 69.4 Å². The van der Waals surface area contributed by atoms with Crippen LogP contribution in [0.3, 0.4) is 0 Å². The molecule has 0 spiro atoms. The van der Waals surface area contributed by atoms with Crippen LogP contribution >= 0.6 is 34.8 Å². The van der Waals surface area contributed by atoms with Gasteiger partial charge in [-0.3, -0.25) is 0 Å². The predicted octanol–water partition coefficient (Wildman–Crippen LogP) is 8.41. The molecule has 1 fully saturated rings. The molecule has 0 radical (unpaired) electrons. The van der Waals surface area contributed by atoms with Gasteiger partial charge in [0, 0.05) is 23.5 Å². The highest BCUT2D eigenvalue weighted by atomic mass is 35.5. The van der Waals surface area contributed by atoms with E-state index in [1.165, 1.54) is 7.11 Å². The van der Waals surface area contributed by atoms with Gasteiger partial charge in [0.2, 0.25) is 0 Å². The van der Waals surface area contributed by atoms with E-state index < -0.39 is 0 Å². The Morgan fingerprint density at radius 1 is 1.00 bits per heavy atom. The molecule has 1 unspecified atom stereocenters. The third-order valence-electron chi connectivity index (χ3n) is 6.98. The minimum absolute atomic E-state index is 0.219. The Hall–Kier alpha value is -3.52. The summed E-state index contributed by atoms with van der Waals surface area (Å²) in [4.78, 5) is 17.4. The molecule has 1 aliphatic carbocycles. The Kier molecular flexibility index (Phi) is 7.45. The van der Waals surface area contributed by atoms with Gasteiger partial charge in [-0.05, 0) is 54.8 Å². The number of ether oxygens (including phenoxy) is 2. The number of hydrogen-bond acceptors (Lipinski definition) is 7. The summed E-state index contributed by atoms with van der Waals surface area (Å²) in [6, 6.07) is 17.9. The number of aromatic nitrogens is 1. The van der Waals surface area contributed by atoms with Crippen LogP contribution in [0.25, 0.3) is 11.3 Å². The second-order valence-corrected chi connectivity index (χ2v) is 10.8. The molecule has 7 nitrogen and oxygen atoms in total. The first-order valence-corrected chi connectivity index (χ1v) is 13.8. The topological polar surface area (TPSA) is 83.2 Å². The Morgan fingerprint density at radius 3 is 2.42 bits per heavy atom. The molecule has 204 valence electrons. The van der Waals surface area contributed by atoms with Crippen molar-refractivity contribution in [2.45, 2.75) is 37.9 Å². The number of benzene rings is 3. The summed E-state index contributed by atoms with van der Waals surface area (Å²) in [5, 5.41) is 10.1. The number of carbonyl (C=O) groups is 1. The van der Waals surface area contributed by atoms with Crippen LogP contribution in [0.5, 0.6) is 5.75 Å². The van der Waals surface area contributed by atoms with Crippen molar-refractivity contribution in [1.29, 1.82) is 0 Å². The number of rotatable bonds is 8.